The maximum atomic E-state index is 3.59. The second-order valence-electron chi connectivity index (χ2n) is 5.13. The molecular weight excluding hydrogens is 228 g/mol. The molecule has 17 heavy (non-hydrogen) atoms. The zero-order valence-electron chi connectivity index (χ0n) is 11.0. The van der Waals surface area contributed by atoms with Gasteiger partial charge in [0, 0.05) is 28.9 Å². The van der Waals surface area contributed by atoms with E-state index in [0.29, 0.717) is 6.04 Å². The van der Waals surface area contributed by atoms with Crippen LogP contribution < -0.4 is 10.6 Å². The van der Waals surface area contributed by atoms with Gasteiger partial charge in [0.2, 0.25) is 0 Å². The van der Waals surface area contributed by atoms with E-state index in [9.17, 15) is 0 Å². The van der Waals surface area contributed by atoms with Crippen LogP contribution in [0.3, 0.4) is 0 Å². The predicted octanol–water partition coefficient (Wildman–Crippen LogP) is 2.79. The van der Waals surface area contributed by atoms with Crippen molar-refractivity contribution in [2.45, 2.75) is 45.7 Å². The second kappa shape index (κ2) is 6.53. The average molecular weight is 252 g/mol. The molecule has 2 heterocycles. The highest BCUT2D eigenvalue weighted by Crippen LogP contribution is 2.17. The zero-order chi connectivity index (χ0) is 12.1. The van der Waals surface area contributed by atoms with E-state index < -0.39 is 0 Å². The van der Waals surface area contributed by atoms with Crippen molar-refractivity contribution < 1.29 is 0 Å². The molecule has 1 aliphatic rings. The van der Waals surface area contributed by atoms with Gasteiger partial charge in [0.25, 0.3) is 0 Å². The molecule has 0 saturated carbocycles. The van der Waals surface area contributed by atoms with Gasteiger partial charge in [0.15, 0.2) is 0 Å². The number of piperidine rings is 1. The third-order valence-electron chi connectivity index (χ3n) is 3.51. The summed E-state index contributed by atoms with van der Waals surface area (Å²) in [6.45, 7) is 7.89. The molecule has 2 atom stereocenters. The van der Waals surface area contributed by atoms with E-state index >= 15 is 0 Å². The smallest absolute Gasteiger partial charge is 0.0300 e. The van der Waals surface area contributed by atoms with Crippen LogP contribution in [0.2, 0.25) is 0 Å². The first-order valence-corrected chi connectivity index (χ1v) is 7.61. The molecule has 3 heteroatoms. The summed E-state index contributed by atoms with van der Waals surface area (Å²) < 4.78 is 0. The molecule has 2 nitrogen and oxygen atoms in total. The molecule has 0 radical (unpaired) electrons. The third-order valence-corrected chi connectivity index (χ3v) is 4.74. The number of thiophene rings is 1. The van der Waals surface area contributed by atoms with Gasteiger partial charge in [-0.15, -0.1) is 11.3 Å². The molecule has 96 valence electrons. The Balaban J connectivity index is 1.68. The molecule has 1 fully saturated rings. The lowest BCUT2D eigenvalue weighted by molar-refractivity contribution is 0.311. The largest absolute Gasteiger partial charge is 0.313 e. The van der Waals surface area contributed by atoms with E-state index in [0.717, 1.165) is 25.4 Å². The number of aryl methyl sites for hydroxylation is 1. The maximum absolute atomic E-state index is 3.59. The Labute approximate surface area is 109 Å². The zero-order valence-corrected chi connectivity index (χ0v) is 11.8. The topological polar surface area (TPSA) is 24.1 Å². The minimum Gasteiger partial charge on any atom is -0.313 e. The van der Waals surface area contributed by atoms with Gasteiger partial charge in [0.05, 0.1) is 0 Å². The predicted molar refractivity (Wildman–Crippen MR) is 75.6 cm³/mol. The number of rotatable bonds is 5. The van der Waals surface area contributed by atoms with Gasteiger partial charge in [-0.2, -0.15) is 0 Å². The van der Waals surface area contributed by atoms with Gasteiger partial charge in [-0.1, -0.05) is 13.8 Å². The Morgan fingerprint density at radius 2 is 2.24 bits per heavy atom. The van der Waals surface area contributed by atoms with Crippen LogP contribution in [0.15, 0.2) is 12.1 Å². The van der Waals surface area contributed by atoms with Gasteiger partial charge in [0.1, 0.15) is 0 Å². The summed E-state index contributed by atoms with van der Waals surface area (Å²) in [6, 6.07) is 5.18. The maximum Gasteiger partial charge on any atom is 0.0300 e. The van der Waals surface area contributed by atoms with Crippen LogP contribution in [0, 0.1) is 5.92 Å². The van der Waals surface area contributed by atoms with Crippen LogP contribution in [0.5, 0.6) is 0 Å². The fraction of sp³-hybridized carbons (Fsp3) is 0.714. The molecule has 2 N–H and O–H groups in total. The molecule has 1 aromatic heterocycles. The Morgan fingerprint density at radius 1 is 1.41 bits per heavy atom. The number of nitrogens with one attached hydrogen (secondary N) is 2. The van der Waals surface area contributed by atoms with E-state index in [1.54, 1.807) is 0 Å². The molecule has 2 rings (SSSR count). The average Bonchev–Trinajstić information content (AvgIpc) is 2.77. The van der Waals surface area contributed by atoms with Gasteiger partial charge in [-0.05, 0) is 43.9 Å². The molecule has 0 bridgehead atoms. The summed E-state index contributed by atoms with van der Waals surface area (Å²) in [6.07, 6.45) is 3.81. The summed E-state index contributed by atoms with van der Waals surface area (Å²) in [5, 5.41) is 7.17. The molecule has 2 unspecified atom stereocenters. The Kier molecular flexibility index (Phi) is 5.01. The molecule has 1 aliphatic heterocycles. The lowest BCUT2D eigenvalue weighted by atomic mass is 9.94. The SMILES string of the molecule is CCc1ccc(CNCC2CC(C)CCN2)s1. The molecule has 0 aromatic carbocycles. The molecule has 1 aromatic rings. The normalized spacial score (nSPS) is 25.1. The monoisotopic (exact) mass is 252 g/mol. The minimum absolute atomic E-state index is 0.671. The van der Waals surface area contributed by atoms with Crippen LogP contribution in [-0.2, 0) is 13.0 Å². The fourth-order valence-electron chi connectivity index (χ4n) is 2.45. The quantitative estimate of drug-likeness (QED) is 0.842. The molecule has 0 aliphatic carbocycles. The minimum atomic E-state index is 0.671. The summed E-state index contributed by atoms with van der Waals surface area (Å²) in [7, 11) is 0. The molecule has 0 spiro atoms. The molecule has 0 amide bonds. The first kappa shape index (κ1) is 13.1. The summed E-state index contributed by atoms with van der Waals surface area (Å²) in [5.41, 5.74) is 0. The van der Waals surface area contributed by atoms with E-state index in [1.807, 2.05) is 11.3 Å². The fourth-order valence-corrected chi connectivity index (χ4v) is 3.38. The van der Waals surface area contributed by atoms with Crippen molar-refractivity contribution in [3.63, 3.8) is 0 Å². The van der Waals surface area contributed by atoms with Gasteiger partial charge in [-0.3, -0.25) is 0 Å². The summed E-state index contributed by atoms with van der Waals surface area (Å²) in [5.74, 6) is 0.886. The number of hydrogen-bond donors (Lipinski definition) is 2. The first-order valence-electron chi connectivity index (χ1n) is 6.79. The van der Waals surface area contributed by atoms with Crippen LogP contribution in [0.1, 0.15) is 36.4 Å². The number of hydrogen-bond acceptors (Lipinski definition) is 3. The van der Waals surface area contributed by atoms with Crippen LogP contribution in [0.4, 0.5) is 0 Å². The molecule has 1 saturated heterocycles. The van der Waals surface area contributed by atoms with Crippen LogP contribution >= 0.6 is 11.3 Å². The van der Waals surface area contributed by atoms with Gasteiger partial charge >= 0.3 is 0 Å². The van der Waals surface area contributed by atoms with E-state index in [-0.39, 0.29) is 0 Å². The van der Waals surface area contributed by atoms with Crippen LogP contribution in [0.25, 0.3) is 0 Å². The van der Waals surface area contributed by atoms with E-state index in [4.69, 9.17) is 0 Å². The Morgan fingerprint density at radius 3 is 2.94 bits per heavy atom. The van der Waals surface area contributed by atoms with Crippen molar-refractivity contribution in [1.29, 1.82) is 0 Å². The molecular formula is C14H24N2S. The van der Waals surface area contributed by atoms with Gasteiger partial charge < -0.3 is 10.6 Å². The summed E-state index contributed by atoms with van der Waals surface area (Å²) >= 11 is 1.94. The lowest BCUT2D eigenvalue weighted by Crippen LogP contribution is -2.43. The summed E-state index contributed by atoms with van der Waals surface area (Å²) in [4.78, 5) is 2.96. The Bertz CT molecular complexity index is 335. The second-order valence-corrected chi connectivity index (χ2v) is 6.39. The van der Waals surface area contributed by atoms with Crippen molar-refractivity contribution in [3.05, 3.63) is 21.9 Å². The highest BCUT2D eigenvalue weighted by atomic mass is 32.1. The van der Waals surface area contributed by atoms with Crippen molar-refractivity contribution in [3.8, 4) is 0 Å². The van der Waals surface area contributed by atoms with Gasteiger partial charge in [-0.25, -0.2) is 0 Å². The van der Waals surface area contributed by atoms with Crippen molar-refractivity contribution in [2.75, 3.05) is 13.1 Å². The van der Waals surface area contributed by atoms with Crippen molar-refractivity contribution >= 4 is 11.3 Å². The first-order chi connectivity index (χ1) is 8.28. The van der Waals surface area contributed by atoms with Crippen molar-refractivity contribution in [1.82, 2.24) is 10.6 Å². The van der Waals surface area contributed by atoms with Crippen molar-refractivity contribution in [2.24, 2.45) is 5.92 Å². The third kappa shape index (κ3) is 4.09. The Hall–Kier alpha value is -0.380. The standard InChI is InChI=1S/C14H24N2S/c1-3-13-4-5-14(17-13)10-15-9-12-8-11(2)6-7-16-12/h4-5,11-12,15-16H,3,6-10H2,1-2H3. The van der Waals surface area contributed by atoms with E-state index in [2.05, 4.69) is 36.6 Å². The lowest BCUT2D eigenvalue weighted by Gasteiger charge is -2.28. The highest BCUT2D eigenvalue weighted by Gasteiger charge is 2.17. The van der Waals surface area contributed by atoms with E-state index in [1.165, 1.54) is 29.1 Å². The van der Waals surface area contributed by atoms with Crippen LogP contribution in [-0.4, -0.2) is 19.1 Å². The highest BCUT2D eigenvalue weighted by molar-refractivity contribution is 7.11.